The van der Waals surface area contributed by atoms with E-state index in [0.717, 1.165) is 6.92 Å². The molecule has 1 unspecified atom stereocenters. The van der Waals surface area contributed by atoms with Crippen LogP contribution < -0.4 is 11.1 Å². The molecule has 0 saturated heterocycles. The average molecular weight is 396 g/mol. The molecule has 11 nitrogen and oxygen atoms in total. The number of carbonyl (C=O) groups excluding carboxylic acids is 1. The minimum absolute atomic E-state index is 0.0263. The first-order valence-electron chi connectivity index (χ1n) is 7.87. The predicted molar refractivity (Wildman–Crippen MR) is 90.0 cm³/mol. The summed E-state index contributed by atoms with van der Waals surface area (Å²) in [7, 11) is -3.97. The molecule has 0 radical (unpaired) electrons. The minimum atomic E-state index is -3.97. The van der Waals surface area contributed by atoms with Crippen molar-refractivity contribution in [2.24, 2.45) is 11.7 Å². The van der Waals surface area contributed by atoms with Crippen LogP contribution in [-0.4, -0.2) is 68.4 Å². The van der Waals surface area contributed by atoms with Gasteiger partial charge in [-0.15, -0.1) is 0 Å². The van der Waals surface area contributed by atoms with Gasteiger partial charge < -0.3 is 31.3 Å². The number of carboxylic acid groups (broad SMARTS) is 3. The van der Waals surface area contributed by atoms with Crippen LogP contribution in [0, 0.1) is 5.92 Å². The van der Waals surface area contributed by atoms with Gasteiger partial charge in [-0.2, -0.15) is 0 Å². The number of carbonyl (C=O) groups is 4. The zero-order valence-electron chi connectivity index (χ0n) is 14.3. The van der Waals surface area contributed by atoms with E-state index in [1.165, 1.54) is 0 Å². The summed E-state index contributed by atoms with van der Waals surface area (Å²) in [6, 6.07) is -2.48. The lowest BCUT2D eigenvalue weighted by molar-refractivity contribution is -0.142. The number of hydrogen-bond acceptors (Lipinski definition) is 6. The van der Waals surface area contributed by atoms with E-state index in [-0.39, 0.29) is 25.7 Å². The van der Waals surface area contributed by atoms with Crippen LogP contribution in [0.2, 0.25) is 0 Å². The van der Waals surface area contributed by atoms with Crippen LogP contribution in [0.25, 0.3) is 0 Å². The summed E-state index contributed by atoms with van der Waals surface area (Å²) in [6.07, 6.45) is -1.22. The molecule has 0 heterocycles. The molecular weight excluding hydrogens is 371 g/mol. The van der Waals surface area contributed by atoms with Crippen molar-refractivity contribution in [3.05, 3.63) is 0 Å². The van der Waals surface area contributed by atoms with Gasteiger partial charge in [-0.1, -0.05) is 6.42 Å². The smallest absolute Gasteiger partial charge is 0.326 e. The van der Waals surface area contributed by atoms with E-state index in [2.05, 4.69) is 5.32 Å². The number of amides is 1. The first-order chi connectivity index (χ1) is 11.9. The second-order valence-corrected chi connectivity index (χ2v) is 8.55. The zero-order chi connectivity index (χ0) is 20.5. The molecule has 0 aliphatic rings. The molecular formula is C14H25N2O9P. The maximum Gasteiger partial charge on any atom is 0.326 e. The van der Waals surface area contributed by atoms with Crippen molar-refractivity contribution in [1.82, 2.24) is 5.32 Å². The Kier molecular flexibility index (Phi) is 10.1. The summed E-state index contributed by atoms with van der Waals surface area (Å²) in [6.45, 7) is 1.11. The summed E-state index contributed by atoms with van der Waals surface area (Å²) in [4.78, 5) is 53.8. The van der Waals surface area contributed by atoms with Gasteiger partial charge in [0.1, 0.15) is 12.1 Å². The standard InChI is InChI=1S/C14H25N2O9P/c1-8(17)16-11(14(22)23)5-6-26(24,25)7-9(12(18)19)3-2-4-10(15)13(20)21/h9-11H,2-7,15H2,1H3,(H,16,17)(H,18,19)(H,20,21)(H,22,23)(H,24,25)/t9-,10+,11+/m0/s1. The molecule has 26 heavy (non-hydrogen) atoms. The van der Waals surface area contributed by atoms with Crippen LogP contribution >= 0.6 is 7.37 Å². The number of nitrogens with two attached hydrogens (primary N) is 1. The van der Waals surface area contributed by atoms with Crippen LogP contribution in [-0.2, 0) is 23.7 Å². The Labute approximate surface area is 150 Å². The minimum Gasteiger partial charge on any atom is -0.481 e. The van der Waals surface area contributed by atoms with Gasteiger partial charge in [0, 0.05) is 19.2 Å². The van der Waals surface area contributed by atoms with E-state index in [1.54, 1.807) is 0 Å². The maximum atomic E-state index is 12.2. The summed E-state index contributed by atoms with van der Waals surface area (Å²) in [5, 5.41) is 28.9. The van der Waals surface area contributed by atoms with E-state index >= 15 is 0 Å². The quantitative estimate of drug-likeness (QED) is 0.220. The summed E-state index contributed by atoms with van der Waals surface area (Å²) < 4.78 is 12.2. The molecule has 1 amide bonds. The lowest BCUT2D eigenvalue weighted by Gasteiger charge is -2.19. The molecule has 0 aromatic heterocycles. The van der Waals surface area contributed by atoms with Crippen molar-refractivity contribution < 1.29 is 44.0 Å². The fourth-order valence-electron chi connectivity index (χ4n) is 2.27. The predicted octanol–water partition coefficient (Wildman–Crippen LogP) is -0.481. The maximum absolute atomic E-state index is 12.2. The summed E-state index contributed by atoms with van der Waals surface area (Å²) in [5.41, 5.74) is 5.31. The van der Waals surface area contributed by atoms with Crippen LogP contribution in [0.15, 0.2) is 0 Å². The topological polar surface area (TPSA) is 204 Å². The Bertz CT molecular complexity index is 581. The highest BCUT2D eigenvalue weighted by atomic mass is 31.2. The molecule has 0 saturated carbocycles. The SMILES string of the molecule is CC(=O)N[C@H](CCP(=O)(O)C[C@H](CCC[C@@H](N)C(=O)O)C(=O)O)C(=O)O. The number of hydrogen-bond donors (Lipinski definition) is 6. The molecule has 4 atom stereocenters. The van der Waals surface area contributed by atoms with Gasteiger partial charge in [-0.3, -0.25) is 18.9 Å². The lowest BCUT2D eigenvalue weighted by atomic mass is 10.0. The second kappa shape index (κ2) is 10.9. The van der Waals surface area contributed by atoms with Crippen LogP contribution in [0.1, 0.15) is 32.6 Å². The Hall–Kier alpha value is -1.97. The van der Waals surface area contributed by atoms with Crippen molar-refractivity contribution in [3.63, 3.8) is 0 Å². The molecule has 0 fully saturated rings. The first kappa shape index (κ1) is 24.0. The molecule has 0 spiro atoms. The van der Waals surface area contributed by atoms with Gasteiger partial charge in [0.05, 0.1) is 5.92 Å². The van der Waals surface area contributed by atoms with Gasteiger partial charge in [-0.25, -0.2) is 4.79 Å². The van der Waals surface area contributed by atoms with Crippen molar-refractivity contribution >= 4 is 31.2 Å². The van der Waals surface area contributed by atoms with Crippen LogP contribution in [0.3, 0.4) is 0 Å². The van der Waals surface area contributed by atoms with E-state index < -0.39 is 61.5 Å². The van der Waals surface area contributed by atoms with Crippen molar-refractivity contribution in [1.29, 1.82) is 0 Å². The molecule has 0 rings (SSSR count). The summed E-state index contributed by atoms with van der Waals surface area (Å²) >= 11 is 0. The number of rotatable bonds is 13. The zero-order valence-corrected chi connectivity index (χ0v) is 15.2. The van der Waals surface area contributed by atoms with Crippen molar-refractivity contribution in [2.75, 3.05) is 12.3 Å². The molecule has 7 N–H and O–H groups in total. The average Bonchev–Trinajstić information content (AvgIpc) is 2.49. The number of carboxylic acids is 3. The third-order valence-electron chi connectivity index (χ3n) is 3.68. The Morgan fingerprint density at radius 3 is 2.00 bits per heavy atom. The molecule has 0 aromatic carbocycles. The van der Waals surface area contributed by atoms with Gasteiger partial charge in [0.15, 0.2) is 0 Å². The molecule has 0 aliphatic heterocycles. The molecule has 12 heteroatoms. The Morgan fingerprint density at radius 2 is 1.58 bits per heavy atom. The van der Waals surface area contributed by atoms with Crippen molar-refractivity contribution in [3.8, 4) is 0 Å². The number of nitrogens with one attached hydrogen (secondary N) is 1. The lowest BCUT2D eigenvalue weighted by Crippen LogP contribution is -2.40. The van der Waals surface area contributed by atoms with Gasteiger partial charge in [-0.05, 0) is 19.3 Å². The Morgan fingerprint density at radius 1 is 1.00 bits per heavy atom. The van der Waals surface area contributed by atoms with E-state index in [4.69, 9.17) is 21.1 Å². The summed E-state index contributed by atoms with van der Waals surface area (Å²) in [5.74, 6) is -5.68. The van der Waals surface area contributed by atoms with Crippen LogP contribution in [0.5, 0.6) is 0 Å². The van der Waals surface area contributed by atoms with Gasteiger partial charge >= 0.3 is 17.9 Å². The highest BCUT2D eigenvalue weighted by molar-refractivity contribution is 7.58. The molecule has 0 bridgehead atoms. The fraction of sp³-hybridized carbons (Fsp3) is 0.714. The van der Waals surface area contributed by atoms with Crippen molar-refractivity contribution in [2.45, 2.75) is 44.7 Å². The number of aliphatic carboxylic acids is 3. The first-order valence-corrected chi connectivity index (χ1v) is 9.90. The van der Waals surface area contributed by atoms with E-state index in [1.807, 2.05) is 0 Å². The second-order valence-electron chi connectivity index (χ2n) is 6.04. The fourth-order valence-corrected chi connectivity index (χ4v) is 4.14. The monoisotopic (exact) mass is 396 g/mol. The van der Waals surface area contributed by atoms with Gasteiger partial charge in [0.25, 0.3) is 0 Å². The van der Waals surface area contributed by atoms with Gasteiger partial charge in [0.2, 0.25) is 13.3 Å². The highest BCUT2D eigenvalue weighted by Crippen LogP contribution is 2.44. The van der Waals surface area contributed by atoms with E-state index in [9.17, 15) is 28.6 Å². The van der Waals surface area contributed by atoms with Crippen LogP contribution in [0.4, 0.5) is 0 Å². The third-order valence-corrected chi connectivity index (χ3v) is 5.65. The molecule has 0 aromatic rings. The van der Waals surface area contributed by atoms with E-state index in [0.29, 0.717) is 0 Å². The third kappa shape index (κ3) is 10.1. The highest BCUT2D eigenvalue weighted by Gasteiger charge is 2.31. The molecule has 0 aliphatic carbocycles. The Balaban J connectivity index is 4.70. The molecule has 150 valence electrons. The largest absolute Gasteiger partial charge is 0.481 e. The normalized spacial score (nSPS) is 16.7.